The lowest BCUT2D eigenvalue weighted by Crippen LogP contribution is -2.19. The Balaban J connectivity index is 1.51. The largest absolute Gasteiger partial charge is 0.327 e. The van der Waals surface area contributed by atoms with Gasteiger partial charge in [0.1, 0.15) is 5.69 Å². The van der Waals surface area contributed by atoms with Crippen LogP contribution < -0.4 is 10.9 Å². The van der Waals surface area contributed by atoms with E-state index in [-0.39, 0.29) is 17.2 Å². The quantitative estimate of drug-likeness (QED) is 0.694. The number of rotatable bonds is 4. The van der Waals surface area contributed by atoms with Crippen molar-refractivity contribution in [1.82, 2.24) is 9.97 Å². The molecule has 3 aromatic rings. The van der Waals surface area contributed by atoms with Gasteiger partial charge in [0.25, 0.3) is 11.5 Å². The number of pyridine rings is 2. The van der Waals surface area contributed by atoms with Gasteiger partial charge in [0.15, 0.2) is 0 Å². The van der Waals surface area contributed by atoms with Crippen LogP contribution in [0, 0.1) is 0 Å². The number of benzene rings is 1. The predicted molar refractivity (Wildman–Crippen MR) is 111 cm³/mol. The zero-order valence-electron chi connectivity index (χ0n) is 15.7. The number of anilines is 1. The summed E-state index contributed by atoms with van der Waals surface area (Å²) >= 11 is 0. The van der Waals surface area contributed by atoms with Crippen molar-refractivity contribution >= 4 is 11.6 Å². The van der Waals surface area contributed by atoms with Gasteiger partial charge in [-0.3, -0.25) is 14.6 Å². The number of H-pyrrole nitrogens is 1. The van der Waals surface area contributed by atoms with Crippen LogP contribution in [0.25, 0.3) is 11.1 Å². The summed E-state index contributed by atoms with van der Waals surface area (Å²) in [5, 5.41) is 2.74. The molecule has 1 amide bonds. The number of carbonyl (C=O) groups excluding carboxylic acids is 1. The van der Waals surface area contributed by atoms with Crippen molar-refractivity contribution in [2.24, 2.45) is 0 Å². The molecule has 1 saturated carbocycles. The smallest absolute Gasteiger partial charge is 0.271 e. The molecule has 1 aromatic carbocycles. The molecule has 2 heterocycles. The molecule has 4 rings (SSSR count). The highest BCUT2D eigenvalue weighted by molar-refractivity contribution is 6.04. The molecule has 1 aliphatic carbocycles. The summed E-state index contributed by atoms with van der Waals surface area (Å²) < 4.78 is 0. The highest BCUT2D eigenvalue weighted by Gasteiger charge is 2.16. The lowest BCUT2D eigenvalue weighted by Gasteiger charge is -2.22. The Morgan fingerprint density at radius 1 is 0.964 bits per heavy atom. The molecule has 2 aromatic heterocycles. The maximum atomic E-state index is 12.6. The Labute approximate surface area is 163 Å². The Hall–Kier alpha value is -3.21. The predicted octanol–water partition coefficient (Wildman–Crippen LogP) is 4.74. The molecule has 28 heavy (non-hydrogen) atoms. The molecule has 1 fully saturated rings. The van der Waals surface area contributed by atoms with Gasteiger partial charge in [-0.1, -0.05) is 31.4 Å². The van der Waals surface area contributed by atoms with Crippen LogP contribution >= 0.6 is 0 Å². The summed E-state index contributed by atoms with van der Waals surface area (Å²) in [5.74, 6) is 0.318. The fourth-order valence-corrected chi connectivity index (χ4v) is 3.82. The topological polar surface area (TPSA) is 74.8 Å². The number of carbonyl (C=O) groups is 1. The monoisotopic (exact) mass is 373 g/mol. The van der Waals surface area contributed by atoms with Gasteiger partial charge in [-0.05, 0) is 60.2 Å². The molecule has 1 aliphatic rings. The van der Waals surface area contributed by atoms with Crippen LogP contribution in [0.2, 0.25) is 0 Å². The minimum atomic E-state index is -0.329. The minimum absolute atomic E-state index is 0.232. The summed E-state index contributed by atoms with van der Waals surface area (Å²) in [6, 6.07) is 13.2. The average molecular weight is 373 g/mol. The van der Waals surface area contributed by atoms with E-state index in [0.29, 0.717) is 11.5 Å². The van der Waals surface area contributed by atoms with Gasteiger partial charge in [-0.15, -0.1) is 0 Å². The number of aromatic nitrogens is 2. The molecule has 5 nitrogen and oxygen atoms in total. The lowest BCUT2D eigenvalue weighted by atomic mass is 9.84. The summed E-state index contributed by atoms with van der Waals surface area (Å²) in [5.41, 5.74) is 3.48. The number of hydrogen-bond acceptors (Lipinski definition) is 3. The average Bonchev–Trinajstić information content (AvgIpc) is 2.76. The lowest BCUT2D eigenvalue weighted by molar-refractivity contribution is 0.102. The van der Waals surface area contributed by atoms with E-state index in [0.717, 1.165) is 11.1 Å². The number of nitrogens with zero attached hydrogens (tertiary/aromatic N) is 1. The van der Waals surface area contributed by atoms with E-state index in [1.54, 1.807) is 24.7 Å². The molecular weight excluding hydrogens is 350 g/mol. The van der Waals surface area contributed by atoms with Crippen LogP contribution in [0.5, 0.6) is 0 Å². The fourth-order valence-electron chi connectivity index (χ4n) is 3.82. The minimum Gasteiger partial charge on any atom is -0.327 e. The van der Waals surface area contributed by atoms with Gasteiger partial charge in [-0.25, -0.2) is 0 Å². The molecule has 5 heteroatoms. The first-order valence-electron chi connectivity index (χ1n) is 9.75. The molecule has 142 valence electrons. The number of amides is 1. The first-order valence-corrected chi connectivity index (χ1v) is 9.75. The summed E-state index contributed by atoms with van der Waals surface area (Å²) in [4.78, 5) is 31.5. The molecule has 0 radical (unpaired) electrons. The molecule has 0 bridgehead atoms. The highest BCUT2D eigenvalue weighted by atomic mass is 16.2. The summed E-state index contributed by atoms with van der Waals surface area (Å²) in [7, 11) is 0. The normalized spacial score (nSPS) is 14.6. The van der Waals surface area contributed by atoms with Crippen LogP contribution in [0.1, 0.15) is 53.9 Å². The Bertz CT molecular complexity index is 1000. The van der Waals surface area contributed by atoms with E-state index < -0.39 is 0 Å². The van der Waals surface area contributed by atoms with Crippen molar-refractivity contribution in [2.75, 3.05) is 5.32 Å². The zero-order chi connectivity index (χ0) is 19.3. The van der Waals surface area contributed by atoms with Gasteiger partial charge in [0.2, 0.25) is 0 Å². The van der Waals surface area contributed by atoms with E-state index in [2.05, 4.69) is 15.3 Å². The van der Waals surface area contributed by atoms with Gasteiger partial charge >= 0.3 is 0 Å². The Kier molecular flexibility index (Phi) is 5.33. The molecule has 0 saturated heterocycles. The van der Waals surface area contributed by atoms with Gasteiger partial charge in [-0.2, -0.15) is 0 Å². The standard InChI is InChI=1S/C23H23N3O2/c27-22(19-8-6-17(7-9-19)16-4-2-1-3-5-16)26-21-14-20(15-25-23(21)28)18-10-12-24-13-11-18/h6-16H,1-5H2,(H,25,28)(H,26,27). The Morgan fingerprint density at radius 3 is 2.39 bits per heavy atom. The van der Waals surface area contributed by atoms with E-state index in [4.69, 9.17) is 0 Å². The molecule has 0 unspecified atom stereocenters. The maximum absolute atomic E-state index is 12.6. The fraction of sp³-hybridized carbons (Fsp3) is 0.261. The first-order chi connectivity index (χ1) is 13.7. The van der Waals surface area contributed by atoms with Crippen LogP contribution in [0.15, 0.2) is 65.8 Å². The number of nitrogens with one attached hydrogen (secondary N) is 2. The third kappa shape index (κ3) is 4.03. The van der Waals surface area contributed by atoms with E-state index >= 15 is 0 Å². The highest BCUT2D eigenvalue weighted by Crippen LogP contribution is 2.32. The van der Waals surface area contributed by atoms with Crippen molar-refractivity contribution in [3.8, 4) is 11.1 Å². The molecule has 2 N–H and O–H groups in total. The zero-order valence-corrected chi connectivity index (χ0v) is 15.7. The second-order valence-electron chi connectivity index (χ2n) is 7.28. The second-order valence-corrected chi connectivity index (χ2v) is 7.28. The van der Waals surface area contributed by atoms with Gasteiger partial charge < -0.3 is 10.3 Å². The summed E-state index contributed by atoms with van der Waals surface area (Å²) in [6.07, 6.45) is 11.3. The van der Waals surface area contributed by atoms with Crippen LogP contribution in [0.3, 0.4) is 0 Å². The second kappa shape index (κ2) is 8.21. The molecule has 0 atom stereocenters. The van der Waals surface area contributed by atoms with Gasteiger partial charge in [0, 0.05) is 29.7 Å². The van der Waals surface area contributed by atoms with E-state index in [1.807, 2.05) is 36.4 Å². The van der Waals surface area contributed by atoms with Crippen LogP contribution in [-0.2, 0) is 0 Å². The van der Waals surface area contributed by atoms with Crippen molar-refractivity contribution in [3.63, 3.8) is 0 Å². The first kappa shape index (κ1) is 18.2. The number of aromatic amines is 1. The third-order valence-electron chi connectivity index (χ3n) is 5.41. The van der Waals surface area contributed by atoms with Crippen LogP contribution in [-0.4, -0.2) is 15.9 Å². The molecule has 0 aliphatic heterocycles. The number of hydrogen-bond donors (Lipinski definition) is 2. The third-order valence-corrected chi connectivity index (χ3v) is 5.41. The van der Waals surface area contributed by atoms with E-state index in [1.165, 1.54) is 37.7 Å². The van der Waals surface area contributed by atoms with Crippen molar-refractivity contribution in [3.05, 3.63) is 82.5 Å². The molecular formula is C23H23N3O2. The van der Waals surface area contributed by atoms with Crippen LogP contribution in [0.4, 0.5) is 5.69 Å². The maximum Gasteiger partial charge on any atom is 0.271 e. The van der Waals surface area contributed by atoms with Crippen molar-refractivity contribution < 1.29 is 4.79 Å². The summed E-state index contributed by atoms with van der Waals surface area (Å²) in [6.45, 7) is 0. The van der Waals surface area contributed by atoms with E-state index in [9.17, 15) is 9.59 Å². The van der Waals surface area contributed by atoms with Crippen molar-refractivity contribution in [1.29, 1.82) is 0 Å². The van der Waals surface area contributed by atoms with Gasteiger partial charge in [0.05, 0.1) is 0 Å². The SMILES string of the molecule is O=C(Nc1cc(-c2ccncc2)c[nH]c1=O)c1ccc(C2CCCCC2)cc1. The van der Waals surface area contributed by atoms with Crippen molar-refractivity contribution in [2.45, 2.75) is 38.0 Å². The molecule has 0 spiro atoms. The Morgan fingerprint density at radius 2 is 1.68 bits per heavy atom.